The number of nitrogens with zero attached hydrogens (tertiary/aromatic N) is 4. The number of carboxylic acids is 1. The SMILES string of the molecule is CC(=O)C(C)(C)C.CC(=O)C(C)(C)C.CC(C)(C)C(=O)CO.CC(C)(C)C(=O)N1CCCCC1.CC(C)(C)C(=O)NCCO.CC(C)(C)C(=O)NO.CC(C)(C)C(N)=O.CC(C)(C)CC(=O)O.CN(C)C(=O)C(=O)C(C)(C)C.CN(C)C(=O)C(C)(C)C.CN(C)C(C)(C)C.COCCC(C)(C)C. The number of amides is 6. The summed E-state index contributed by atoms with van der Waals surface area (Å²) >= 11 is 0. The normalized spacial score (nSPS) is 12.4. The number of Topliss-reactive ketones (excluding diaryl/α,β-unsaturated/α-hetero) is 4. The van der Waals surface area contributed by atoms with Crippen molar-refractivity contribution in [2.75, 3.05) is 88.9 Å². The monoisotopic (exact) mass is 1470 g/mol. The summed E-state index contributed by atoms with van der Waals surface area (Å²) in [6, 6.07) is 0. The molecule has 0 bridgehead atoms. The number of nitrogens with two attached hydrogens (primary N) is 1. The summed E-state index contributed by atoms with van der Waals surface area (Å²) < 4.78 is 4.92. The average molecular weight is 1470 g/mol. The zero-order valence-electron chi connectivity index (χ0n) is 74.3. The number of likely N-dealkylation sites (tertiary alicyclic amines) is 1. The quantitative estimate of drug-likeness (QED) is 0.0707. The highest BCUT2D eigenvalue weighted by molar-refractivity contribution is 6.37. The Kier molecular flexibility index (Phi) is 64.3. The lowest BCUT2D eigenvalue weighted by molar-refractivity contribution is -0.147. The first kappa shape index (κ1) is 121. The topological polar surface area (TPSA) is 341 Å². The number of likely N-dealkylation sites (N-methyl/N-ethyl adjacent to an activating group) is 1. The summed E-state index contributed by atoms with van der Waals surface area (Å²) in [4.78, 5) is 125. The van der Waals surface area contributed by atoms with Crippen LogP contribution in [0.2, 0.25) is 0 Å². The van der Waals surface area contributed by atoms with Crippen LogP contribution < -0.4 is 16.5 Å². The average Bonchev–Trinajstić information content (AvgIpc) is 0.870. The molecule has 0 atom stereocenters. The Labute approximate surface area is 625 Å². The summed E-state index contributed by atoms with van der Waals surface area (Å²) in [6.07, 6.45) is 5.04. The molecule has 1 saturated heterocycles. The van der Waals surface area contributed by atoms with Crippen LogP contribution in [0.5, 0.6) is 0 Å². The van der Waals surface area contributed by atoms with Gasteiger partial charge in [-0.3, -0.25) is 57.9 Å². The molecule has 6 amide bonds. The van der Waals surface area contributed by atoms with E-state index in [1.807, 2.05) is 130 Å². The van der Waals surface area contributed by atoms with Crippen LogP contribution in [-0.4, -0.2) is 199 Å². The Balaban J connectivity index is -0.0000000988. The van der Waals surface area contributed by atoms with E-state index in [2.05, 4.69) is 65.9 Å². The maximum atomic E-state index is 11.7. The van der Waals surface area contributed by atoms with E-state index in [1.165, 1.54) is 24.2 Å². The molecule has 0 radical (unpaired) electrons. The van der Waals surface area contributed by atoms with Gasteiger partial charge < -0.3 is 50.7 Å². The molecule has 0 spiro atoms. The van der Waals surface area contributed by atoms with Crippen LogP contribution in [0.4, 0.5) is 0 Å². The fraction of sp³-hybridized carbons (Fsp3) is 0.861. The molecule has 0 saturated carbocycles. The third kappa shape index (κ3) is 89.0. The van der Waals surface area contributed by atoms with Gasteiger partial charge in [0, 0.05) is 116 Å². The fourth-order valence-corrected chi connectivity index (χ4v) is 4.47. The number of aliphatic hydroxyl groups excluding tert-OH is 2. The van der Waals surface area contributed by atoms with E-state index in [-0.39, 0.29) is 110 Å². The second-order valence-electron chi connectivity index (χ2n) is 38.3. The number of hydrogen-bond acceptors (Lipinski definition) is 16. The zero-order chi connectivity index (χ0) is 85.6. The highest BCUT2D eigenvalue weighted by atomic mass is 16.5. The number of primary amides is 1. The van der Waals surface area contributed by atoms with Crippen molar-refractivity contribution in [3.8, 4) is 0 Å². The van der Waals surface area contributed by atoms with Crippen molar-refractivity contribution in [3.63, 3.8) is 0 Å². The maximum Gasteiger partial charge on any atom is 0.303 e. The number of aliphatic carboxylic acids is 1. The minimum Gasteiger partial charge on any atom is -0.481 e. The Morgan fingerprint density at radius 2 is 0.784 bits per heavy atom. The number of ether oxygens (including phenoxy) is 1. The lowest BCUT2D eigenvalue weighted by atomic mass is 9.90. The number of carbonyl (C=O) groups is 11. The maximum absolute atomic E-state index is 11.7. The molecular formula is C79H165N7O16. The molecule has 1 aliphatic rings. The third-order valence-corrected chi connectivity index (χ3v) is 13.4. The standard InChI is InChI=1S/C10H19NO.C8H15NO2.C7H15NO2.C7H15NO.C7H16O.C6H15N.2C6H12O2.2C6H12O.C5H11NO2.C5H11NO/c1-10(2,3)9(12)11-7-5-4-6-8-11;1-8(2,3)6(10)7(11)9(4)5;1-7(2,3)6(10)8-4-5-9;1-7(2,3)6(9)8(4)5;1-7(2,3)5-6-8-4;1-6(2,3)7(4)5;1-6(2,3)5(8)4-7;1-6(2,3)4-5(7)8;2*1-5(7)6(2,3)4;1-5(2,3)4(7)6-8;1-5(2,3)4(6)7/h4-8H2,1-3H3;1-5H3;9H,4-5H2,1-3H3,(H,8,10);1-5H3;5-6H2,1-4H3;1-5H3;7H,4H2,1-3H3;4H2,1-3H3,(H,7,8);2*1-4H3;8H,1-3H3,(H,6,7);1-3H3,(H2,6,7). The molecule has 0 aromatic carbocycles. The number of nitrogens with one attached hydrogen (secondary N) is 2. The number of hydroxylamine groups is 1. The molecule has 1 aliphatic heterocycles. The van der Waals surface area contributed by atoms with Gasteiger partial charge in [0.1, 0.15) is 18.2 Å². The Morgan fingerprint density at radius 3 is 0.882 bits per heavy atom. The highest BCUT2D eigenvalue weighted by Crippen LogP contribution is 2.22. The van der Waals surface area contributed by atoms with Crippen molar-refractivity contribution in [2.45, 2.75) is 301 Å². The molecule has 1 fully saturated rings. The molecule has 0 aromatic heterocycles. The van der Waals surface area contributed by atoms with E-state index < -0.39 is 22.7 Å². The van der Waals surface area contributed by atoms with E-state index in [0.29, 0.717) is 23.4 Å². The summed E-state index contributed by atoms with van der Waals surface area (Å²) in [5, 5.41) is 35.6. The lowest BCUT2D eigenvalue weighted by Crippen LogP contribution is -2.42. The molecule has 0 aromatic rings. The van der Waals surface area contributed by atoms with Gasteiger partial charge in [-0.25, -0.2) is 5.48 Å². The van der Waals surface area contributed by atoms with Crippen LogP contribution in [0.25, 0.3) is 0 Å². The van der Waals surface area contributed by atoms with E-state index >= 15 is 0 Å². The van der Waals surface area contributed by atoms with E-state index in [9.17, 15) is 52.7 Å². The van der Waals surface area contributed by atoms with Crippen molar-refractivity contribution in [3.05, 3.63) is 0 Å². The van der Waals surface area contributed by atoms with Gasteiger partial charge in [-0.05, 0) is 85.2 Å². The molecule has 23 nitrogen and oxygen atoms in total. The first-order valence-corrected chi connectivity index (χ1v) is 35.3. The van der Waals surface area contributed by atoms with Gasteiger partial charge in [0.05, 0.1) is 13.0 Å². The van der Waals surface area contributed by atoms with Crippen LogP contribution in [0.3, 0.4) is 0 Å². The van der Waals surface area contributed by atoms with Gasteiger partial charge >= 0.3 is 5.97 Å². The summed E-state index contributed by atoms with van der Waals surface area (Å²) in [5.41, 5.74) is 4.32. The lowest BCUT2D eigenvalue weighted by Gasteiger charge is -2.32. The van der Waals surface area contributed by atoms with Crippen LogP contribution in [0.15, 0.2) is 0 Å². The highest BCUT2D eigenvalue weighted by Gasteiger charge is 2.30. The minimum atomic E-state index is -0.725. The molecular weight excluding hydrogens is 1300 g/mol. The van der Waals surface area contributed by atoms with Crippen molar-refractivity contribution < 1.29 is 78.0 Å². The van der Waals surface area contributed by atoms with E-state index in [1.54, 1.807) is 143 Å². The summed E-state index contributed by atoms with van der Waals surface area (Å²) in [5.74, 6) is -1.30. The number of hydrogen-bond donors (Lipinski definition) is 7. The van der Waals surface area contributed by atoms with E-state index in [0.717, 1.165) is 26.1 Å². The van der Waals surface area contributed by atoms with Crippen LogP contribution >= 0.6 is 0 Å². The summed E-state index contributed by atoms with van der Waals surface area (Å²) in [7, 11) is 12.6. The van der Waals surface area contributed by atoms with Crippen LogP contribution in [-0.2, 0) is 57.5 Å². The first-order chi connectivity index (χ1) is 44.3. The molecule has 612 valence electrons. The van der Waals surface area contributed by atoms with Crippen molar-refractivity contribution in [2.24, 2.45) is 65.3 Å². The van der Waals surface area contributed by atoms with Crippen molar-refractivity contribution >= 4 is 64.5 Å². The Hall–Kier alpha value is -5.23. The number of carboxylic acid groups (broad SMARTS) is 1. The van der Waals surface area contributed by atoms with Crippen molar-refractivity contribution in [1.29, 1.82) is 0 Å². The minimum absolute atomic E-state index is 0.00181. The van der Waals surface area contributed by atoms with Crippen LogP contribution in [0, 0.1) is 59.6 Å². The van der Waals surface area contributed by atoms with Gasteiger partial charge in [0.15, 0.2) is 5.78 Å². The number of ketones is 4. The predicted octanol–water partition coefficient (Wildman–Crippen LogP) is 13.8. The number of methoxy groups -OCH3 is 1. The summed E-state index contributed by atoms with van der Waals surface area (Å²) in [6.45, 7) is 74.7. The number of rotatable bonds is 7. The van der Waals surface area contributed by atoms with Crippen molar-refractivity contribution in [1.82, 2.24) is 30.4 Å². The zero-order valence-corrected chi connectivity index (χ0v) is 74.3. The van der Waals surface area contributed by atoms with Gasteiger partial charge in [0.25, 0.3) is 5.91 Å². The smallest absolute Gasteiger partial charge is 0.303 e. The Morgan fingerprint density at radius 1 is 0.461 bits per heavy atom. The molecule has 0 unspecified atom stereocenters. The van der Waals surface area contributed by atoms with Gasteiger partial charge in [-0.15, -0.1) is 0 Å². The van der Waals surface area contributed by atoms with Crippen LogP contribution in [0.1, 0.15) is 295 Å². The first-order valence-electron chi connectivity index (χ1n) is 35.3. The molecule has 1 heterocycles. The molecule has 1 rings (SSSR count). The van der Waals surface area contributed by atoms with Gasteiger partial charge in [-0.2, -0.15) is 0 Å². The molecule has 23 heteroatoms. The molecule has 8 N–H and O–H groups in total. The predicted molar refractivity (Wildman–Crippen MR) is 422 cm³/mol. The number of aliphatic hydroxyl groups is 2. The largest absolute Gasteiger partial charge is 0.481 e. The molecule has 102 heavy (non-hydrogen) atoms. The Bertz CT molecular complexity index is 2260. The third-order valence-electron chi connectivity index (χ3n) is 13.4. The second-order valence-corrected chi connectivity index (χ2v) is 38.3. The van der Waals surface area contributed by atoms with Gasteiger partial charge in [-0.1, -0.05) is 228 Å². The second kappa shape index (κ2) is 54.4. The van der Waals surface area contributed by atoms with Gasteiger partial charge in [0.2, 0.25) is 35.3 Å². The van der Waals surface area contributed by atoms with E-state index in [4.69, 9.17) is 31.0 Å². The fourth-order valence-electron chi connectivity index (χ4n) is 4.47. The molecule has 0 aliphatic carbocycles. The number of carbonyl (C=O) groups excluding carboxylic acids is 10. The number of piperidine rings is 1.